The first-order chi connectivity index (χ1) is 24.4. The summed E-state index contributed by atoms with van der Waals surface area (Å²) in [7, 11) is 0. The Morgan fingerprint density at radius 3 is 2.06 bits per heavy atom. The number of para-hydroxylation sites is 2. The normalized spacial score (nSPS) is 11.4. The first kappa shape index (κ1) is 33.9. The Labute approximate surface area is 313 Å². The van der Waals surface area contributed by atoms with E-state index >= 15 is 0 Å². The van der Waals surface area contributed by atoms with Crippen LogP contribution in [0.4, 0.5) is 0 Å². The van der Waals surface area contributed by atoms with E-state index < -0.39 is 0 Å². The molecule has 51 heavy (non-hydrogen) atoms. The smallest absolute Gasteiger partial charge is 0.148 e. The van der Waals surface area contributed by atoms with Crippen molar-refractivity contribution < 1.29 is 26.2 Å². The van der Waals surface area contributed by atoms with Crippen molar-refractivity contribution in [1.29, 1.82) is 0 Å². The van der Waals surface area contributed by atoms with E-state index in [0.717, 1.165) is 55.8 Å². The van der Waals surface area contributed by atoms with Crippen molar-refractivity contribution in [3.05, 3.63) is 181 Å². The van der Waals surface area contributed by atoms with Crippen LogP contribution in [-0.2, 0) is 26.5 Å². The van der Waals surface area contributed by atoms with Gasteiger partial charge >= 0.3 is 0 Å². The maximum atomic E-state index is 11.1. The zero-order chi connectivity index (χ0) is 34.2. The maximum absolute atomic E-state index is 11.1. The summed E-state index contributed by atoms with van der Waals surface area (Å²) in [6.07, 6.45) is 1.87. The van der Waals surface area contributed by atoms with E-state index in [0.29, 0.717) is 11.4 Å². The Balaban J connectivity index is 0.00000406. The van der Waals surface area contributed by atoms with Gasteiger partial charge in [0.2, 0.25) is 0 Å². The quantitative estimate of drug-likeness (QED) is 0.163. The van der Waals surface area contributed by atoms with Crippen LogP contribution in [0.5, 0.6) is 5.75 Å². The van der Waals surface area contributed by atoms with Crippen LogP contribution in [0.1, 0.15) is 30.5 Å². The Hall–Kier alpha value is -5.57. The van der Waals surface area contributed by atoms with Crippen LogP contribution in [0, 0.1) is 13.0 Å². The molecular weight excluding hydrogens is 806 g/mol. The molecule has 0 unspecified atom stereocenters. The number of hydrogen-bond donors (Lipinski definition) is 1. The van der Waals surface area contributed by atoms with Crippen LogP contribution in [0.2, 0.25) is 0 Å². The van der Waals surface area contributed by atoms with E-state index in [1.807, 2.05) is 48.7 Å². The number of benzene rings is 6. The van der Waals surface area contributed by atoms with Gasteiger partial charge in [-0.1, -0.05) is 128 Å². The van der Waals surface area contributed by atoms with Crippen LogP contribution in [0.3, 0.4) is 0 Å². The number of rotatable bonds is 7. The molecule has 0 saturated heterocycles. The summed E-state index contributed by atoms with van der Waals surface area (Å²) in [6, 6.07) is 55.5. The molecule has 0 saturated carbocycles. The third-order valence-corrected chi connectivity index (χ3v) is 9.64. The molecule has 0 radical (unpaired) electrons. The van der Waals surface area contributed by atoms with Gasteiger partial charge in [-0.05, 0) is 65.6 Å². The molecule has 2 heterocycles. The molecule has 8 aromatic rings. The summed E-state index contributed by atoms with van der Waals surface area (Å²) in [5, 5.41) is 11.1. The standard InChI is InChI=1S/C46H36N3O.Pt/c1-31-21-23-32(24-22-31)33-25-26-47-41(28-33)35-14-12-13-34(27-35)40-29-37(46(2,3)36-15-6-4-7-16-36)30-42-44(40)48-45(39-19-10-11-20-43(39)50)49(42)38-17-8-5-9-18-38;/h4-26,28-30,50H,1-3H3;/q-1;. The first-order valence-corrected chi connectivity index (χ1v) is 16.9. The van der Waals surface area contributed by atoms with E-state index in [9.17, 15) is 5.11 Å². The summed E-state index contributed by atoms with van der Waals surface area (Å²) < 4.78 is 2.16. The Morgan fingerprint density at radius 2 is 1.31 bits per heavy atom. The second-order valence-corrected chi connectivity index (χ2v) is 13.3. The summed E-state index contributed by atoms with van der Waals surface area (Å²) in [4.78, 5) is 10.1. The predicted molar refractivity (Wildman–Crippen MR) is 204 cm³/mol. The number of aryl methyl sites for hydroxylation is 1. The molecule has 0 spiro atoms. The van der Waals surface area contributed by atoms with Gasteiger partial charge in [0.25, 0.3) is 0 Å². The number of pyridine rings is 1. The average Bonchev–Trinajstić information content (AvgIpc) is 3.55. The number of phenolic OH excluding ortho intramolecular Hbond substituents is 1. The van der Waals surface area contributed by atoms with Crippen molar-refractivity contribution in [2.75, 3.05) is 0 Å². The van der Waals surface area contributed by atoms with Gasteiger partial charge in [-0.15, -0.1) is 29.8 Å². The van der Waals surface area contributed by atoms with Gasteiger partial charge in [-0.2, -0.15) is 0 Å². The molecule has 8 rings (SSSR count). The van der Waals surface area contributed by atoms with Crippen LogP contribution in [-0.4, -0.2) is 19.6 Å². The van der Waals surface area contributed by atoms with Crippen LogP contribution in [0.25, 0.3) is 61.6 Å². The monoisotopic (exact) mass is 841 g/mol. The molecule has 2 aromatic heterocycles. The molecule has 6 aromatic carbocycles. The van der Waals surface area contributed by atoms with Crippen molar-refractivity contribution in [1.82, 2.24) is 14.5 Å². The van der Waals surface area contributed by atoms with E-state index in [-0.39, 0.29) is 32.2 Å². The molecule has 0 aliphatic carbocycles. The molecule has 0 aliphatic heterocycles. The molecule has 4 nitrogen and oxygen atoms in total. The first-order valence-electron chi connectivity index (χ1n) is 16.9. The van der Waals surface area contributed by atoms with Crippen molar-refractivity contribution in [3.8, 4) is 56.3 Å². The number of aromatic nitrogens is 3. The Bertz CT molecular complexity index is 2470. The van der Waals surface area contributed by atoms with E-state index in [2.05, 4.69) is 135 Å². The molecule has 0 atom stereocenters. The number of nitrogens with zero attached hydrogens (tertiary/aromatic N) is 3. The fraction of sp³-hybridized carbons (Fsp3) is 0.0870. The minimum Gasteiger partial charge on any atom is -0.507 e. The van der Waals surface area contributed by atoms with Crippen molar-refractivity contribution >= 4 is 11.0 Å². The Morgan fingerprint density at radius 1 is 0.627 bits per heavy atom. The number of hydrogen-bond acceptors (Lipinski definition) is 3. The summed E-state index contributed by atoms with van der Waals surface area (Å²) in [6.45, 7) is 6.63. The van der Waals surface area contributed by atoms with Gasteiger partial charge in [-0.3, -0.25) is 9.55 Å². The maximum Gasteiger partial charge on any atom is 0.148 e. The summed E-state index contributed by atoms with van der Waals surface area (Å²) in [5.41, 5.74) is 12.6. The molecule has 0 aliphatic rings. The number of imidazole rings is 1. The third kappa shape index (κ3) is 6.44. The van der Waals surface area contributed by atoms with Crippen LogP contribution in [0.15, 0.2) is 158 Å². The van der Waals surface area contributed by atoms with Gasteiger partial charge < -0.3 is 5.11 Å². The second kappa shape index (κ2) is 14.0. The van der Waals surface area contributed by atoms with Gasteiger partial charge in [-0.25, -0.2) is 4.98 Å². The molecule has 5 heteroatoms. The van der Waals surface area contributed by atoms with Crippen LogP contribution >= 0.6 is 0 Å². The minimum atomic E-state index is -0.327. The largest absolute Gasteiger partial charge is 0.507 e. The van der Waals surface area contributed by atoms with E-state index in [1.54, 1.807) is 6.07 Å². The molecule has 0 fully saturated rings. The van der Waals surface area contributed by atoms with Crippen molar-refractivity contribution in [2.45, 2.75) is 26.2 Å². The van der Waals surface area contributed by atoms with E-state index in [4.69, 9.17) is 9.97 Å². The molecule has 0 bridgehead atoms. The van der Waals surface area contributed by atoms with Gasteiger partial charge in [0.1, 0.15) is 11.6 Å². The van der Waals surface area contributed by atoms with Gasteiger partial charge in [0.15, 0.2) is 0 Å². The zero-order valence-electron chi connectivity index (χ0n) is 28.6. The number of aromatic hydroxyl groups is 1. The van der Waals surface area contributed by atoms with E-state index in [1.165, 1.54) is 11.1 Å². The molecule has 252 valence electrons. The molecule has 1 N–H and O–H groups in total. The fourth-order valence-electron chi connectivity index (χ4n) is 6.73. The molecule has 0 amide bonds. The zero-order valence-corrected chi connectivity index (χ0v) is 30.9. The minimum absolute atomic E-state index is 0. The third-order valence-electron chi connectivity index (χ3n) is 9.64. The van der Waals surface area contributed by atoms with Crippen molar-refractivity contribution in [2.24, 2.45) is 0 Å². The van der Waals surface area contributed by atoms with Crippen molar-refractivity contribution in [3.63, 3.8) is 0 Å². The fourth-order valence-corrected chi connectivity index (χ4v) is 6.73. The number of phenols is 1. The molecular formula is C46H36N3OPt-. The number of fused-ring (bicyclic) bond motifs is 1. The summed E-state index contributed by atoms with van der Waals surface area (Å²) >= 11 is 0. The SMILES string of the molecule is Cc1ccc(-c2ccnc(-c3[c-]c(-c4cc(C(C)(C)c5ccccc5)cc5c4nc(-c4ccccc4O)n5-c4ccccc4)ccc3)c2)cc1.[Pt]. The topological polar surface area (TPSA) is 50.9 Å². The van der Waals surface area contributed by atoms with Gasteiger partial charge in [0.05, 0.1) is 16.6 Å². The average molecular weight is 842 g/mol. The predicted octanol–water partition coefficient (Wildman–Crippen LogP) is 11.2. The van der Waals surface area contributed by atoms with Gasteiger partial charge in [0, 0.05) is 44.1 Å². The summed E-state index contributed by atoms with van der Waals surface area (Å²) in [5.74, 6) is 0.850. The second-order valence-electron chi connectivity index (χ2n) is 13.3. The van der Waals surface area contributed by atoms with Crippen LogP contribution < -0.4 is 0 Å². The Kier molecular flexibility index (Phi) is 9.29.